The maximum atomic E-state index is 4.41. The summed E-state index contributed by atoms with van der Waals surface area (Å²) in [6.45, 7) is 8.45. The smallest absolute Gasteiger partial charge is 0.191 e. The van der Waals surface area contributed by atoms with Gasteiger partial charge in [-0.25, -0.2) is 0 Å². The summed E-state index contributed by atoms with van der Waals surface area (Å²) in [6, 6.07) is 4.06. The van der Waals surface area contributed by atoms with Gasteiger partial charge in [0.15, 0.2) is 5.96 Å². The highest BCUT2D eigenvalue weighted by atomic mass is 127. The minimum atomic E-state index is 0. The van der Waals surface area contributed by atoms with Crippen molar-refractivity contribution < 1.29 is 0 Å². The predicted octanol–water partition coefficient (Wildman–Crippen LogP) is 3.89. The molecule has 2 N–H and O–H groups in total. The van der Waals surface area contributed by atoms with E-state index in [1.54, 1.807) is 0 Å². The quantitative estimate of drug-likeness (QED) is 0.409. The molecule has 0 unspecified atom stereocenters. The summed E-state index contributed by atoms with van der Waals surface area (Å²) in [6.07, 6.45) is 7.19. The Bertz CT molecular complexity index is 509. The summed E-state index contributed by atoms with van der Waals surface area (Å²) in [5.41, 5.74) is 2.76. The molecule has 0 bridgehead atoms. The molecule has 5 heteroatoms. The van der Waals surface area contributed by atoms with E-state index in [1.807, 2.05) is 19.3 Å². The number of hydrogen-bond acceptors (Lipinski definition) is 2. The lowest BCUT2D eigenvalue weighted by Gasteiger charge is -2.43. The van der Waals surface area contributed by atoms with Crippen LogP contribution < -0.4 is 10.6 Å². The molecule has 2 rings (SSSR count). The number of aliphatic imine (C=N–C) groups is 1. The van der Waals surface area contributed by atoms with Crippen molar-refractivity contribution in [2.24, 2.45) is 16.3 Å². The highest BCUT2D eigenvalue weighted by Gasteiger charge is 2.37. The molecule has 1 heterocycles. The van der Waals surface area contributed by atoms with Gasteiger partial charge in [-0.2, -0.15) is 0 Å². The van der Waals surface area contributed by atoms with Gasteiger partial charge in [0.05, 0.1) is 12.2 Å². The molecule has 1 saturated carbocycles. The Kier molecular flexibility index (Phi) is 8.29. The van der Waals surface area contributed by atoms with Gasteiger partial charge in [-0.1, -0.05) is 26.3 Å². The third-order valence-electron chi connectivity index (χ3n) is 4.65. The van der Waals surface area contributed by atoms with Crippen LogP contribution in [-0.2, 0) is 6.54 Å². The summed E-state index contributed by atoms with van der Waals surface area (Å²) >= 11 is 0. The molecule has 23 heavy (non-hydrogen) atoms. The standard InChI is InChI=1S/C18H30N4.HI/c1-14(2)11-18(8-6-9-18)13-22-17(19-4)21-12-16-15(3)7-5-10-20-16;/h5,7,10,14H,6,8-9,11-13H2,1-4H3,(H2,19,21,22);1H. The van der Waals surface area contributed by atoms with E-state index >= 15 is 0 Å². The molecule has 4 nitrogen and oxygen atoms in total. The predicted molar refractivity (Wildman–Crippen MR) is 108 cm³/mol. The lowest BCUT2D eigenvalue weighted by Crippen LogP contribution is -2.46. The van der Waals surface area contributed by atoms with E-state index in [9.17, 15) is 0 Å². The first-order valence-electron chi connectivity index (χ1n) is 8.40. The maximum Gasteiger partial charge on any atom is 0.191 e. The van der Waals surface area contributed by atoms with Gasteiger partial charge in [-0.05, 0) is 49.1 Å². The fraction of sp³-hybridized carbons (Fsp3) is 0.667. The summed E-state index contributed by atoms with van der Waals surface area (Å²) in [5, 5.41) is 6.90. The number of hydrogen-bond donors (Lipinski definition) is 2. The average Bonchev–Trinajstić information content (AvgIpc) is 2.45. The summed E-state index contributed by atoms with van der Waals surface area (Å²) < 4.78 is 0. The Morgan fingerprint density at radius 3 is 2.61 bits per heavy atom. The summed E-state index contributed by atoms with van der Waals surface area (Å²) in [7, 11) is 1.83. The minimum absolute atomic E-state index is 0. The number of guanidine groups is 1. The third kappa shape index (κ3) is 5.94. The van der Waals surface area contributed by atoms with Crippen LogP contribution in [0.5, 0.6) is 0 Å². The minimum Gasteiger partial charge on any atom is -0.356 e. The molecule has 1 aromatic heterocycles. The average molecular weight is 430 g/mol. The van der Waals surface area contributed by atoms with E-state index in [2.05, 4.69) is 47.4 Å². The first kappa shape index (κ1) is 20.2. The largest absolute Gasteiger partial charge is 0.356 e. The number of nitrogens with zero attached hydrogens (tertiary/aromatic N) is 2. The highest BCUT2D eigenvalue weighted by molar-refractivity contribution is 14.0. The Morgan fingerprint density at radius 1 is 1.35 bits per heavy atom. The van der Waals surface area contributed by atoms with Crippen molar-refractivity contribution in [3.8, 4) is 0 Å². The van der Waals surface area contributed by atoms with Crippen LogP contribution in [0.15, 0.2) is 23.3 Å². The maximum absolute atomic E-state index is 4.41. The monoisotopic (exact) mass is 430 g/mol. The van der Waals surface area contributed by atoms with Gasteiger partial charge < -0.3 is 10.6 Å². The normalized spacial score (nSPS) is 16.5. The van der Waals surface area contributed by atoms with E-state index in [1.165, 1.54) is 31.2 Å². The lowest BCUT2D eigenvalue weighted by atomic mass is 9.64. The Balaban J connectivity index is 0.00000264. The zero-order valence-electron chi connectivity index (χ0n) is 14.9. The van der Waals surface area contributed by atoms with E-state index in [0.717, 1.165) is 24.1 Å². The van der Waals surface area contributed by atoms with Crippen molar-refractivity contribution in [1.29, 1.82) is 0 Å². The molecule has 0 atom stereocenters. The second kappa shape index (κ2) is 9.45. The molecule has 0 aliphatic heterocycles. The Hall–Kier alpha value is -0.850. The van der Waals surface area contributed by atoms with Gasteiger partial charge in [-0.3, -0.25) is 9.98 Å². The van der Waals surface area contributed by atoms with Crippen molar-refractivity contribution in [2.45, 2.75) is 53.0 Å². The van der Waals surface area contributed by atoms with Gasteiger partial charge in [0.1, 0.15) is 0 Å². The molecule has 0 amide bonds. The van der Waals surface area contributed by atoms with Crippen LogP contribution in [0.3, 0.4) is 0 Å². The third-order valence-corrected chi connectivity index (χ3v) is 4.65. The van der Waals surface area contributed by atoms with Crippen LogP contribution in [-0.4, -0.2) is 24.5 Å². The van der Waals surface area contributed by atoms with Crippen LogP contribution in [0.25, 0.3) is 0 Å². The fourth-order valence-electron chi connectivity index (χ4n) is 3.36. The van der Waals surface area contributed by atoms with Gasteiger partial charge in [0.2, 0.25) is 0 Å². The van der Waals surface area contributed by atoms with Crippen molar-refractivity contribution >= 4 is 29.9 Å². The Morgan fingerprint density at radius 2 is 2.09 bits per heavy atom. The second-order valence-electron chi connectivity index (χ2n) is 7.00. The second-order valence-corrected chi connectivity index (χ2v) is 7.00. The number of nitrogens with one attached hydrogen (secondary N) is 2. The van der Waals surface area contributed by atoms with Crippen molar-refractivity contribution in [3.63, 3.8) is 0 Å². The van der Waals surface area contributed by atoms with Crippen LogP contribution >= 0.6 is 24.0 Å². The topological polar surface area (TPSA) is 49.3 Å². The molecule has 1 aromatic rings. The van der Waals surface area contributed by atoms with E-state index in [0.29, 0.717) is 12.0 Å². The molecular formula is C18H31IN4. The number of pyridine rings is 1. The first-order valence-corrected chi connectivity index (χ1v) is 8.40. The summed E-state index contributed by atoms with van der Waals surface area (Å²) in [5.74, 6) is 1.63. The highest BCUT2D eigenvalue weighted by Crippen LogP contribution is 2.45. The Labute approximate surface area is 158 Å². The molecule has 130 valence electrons. The lowest BCUT2D eigenvalue weighted by molar-refractivity contribution is 0.104. The van der Waals surface area contributed by atoms with Crippen molar-refractivity contribution in [2.75, 3.05) is 13.6 Å². The van der Waals surface area contributed by atoms with E-state index < -0.39 is 0 Å². The molecule has 0 saturated heterocycles. The van der Waals surface area contributed by atoms with Crippen LogP contribution in [0, 0.1) is 18.3 Å². The van der Waals surface area contributed by atoms with Gasteiger partial charge in [0.25, 0.3) is 0 Å². The molecule has 1 aliphatic rings. The van der Waals surface area contributed by atoms with Crippen LogP contribution in [0.1, 0.15) is 50.8 Å². The van der Waals surface area contributed by atoms with Gasteiger partial charge in [-0.15, -0.1) is 24.0 Å². The molecule has 0 aromatic carbocycles. The van der Waals surface area contributed by atoms with Crippen molar-refractivity contribution in [3.05, 3.63) is 29.6 Å². The van der Waals surface area contributed by atoms with Crippen molar-refractivity contribution in [1.82, 2.24) is 15.6 Å². The molecule has 0 radical (unpaired) electrons. The fourth-order valence-corrected chi connectivity index (χ4v) is 3.36. The summed E-state index contributed by atoms with van der Waals surface area (Å²) in [4.78, 5) is 8.75. The first-order chi connectivity index (χ1) is 10.5. The van der Waals surface area contributed by atoms with Gasteiger partial charge >= 0.3 is 0 Å². The van der Waals surface area contributed by atoms with Gasteiger partial charge in [0, 0.05) is 19.8 Å². The number of aryl methyl sites for hydroxylation is 1. The van der Waals surface area contributed by atoms with Crippen LogP contribution in [0.2, 0.25) is 0 Å². The SMILES string of the molecule is CN=C(NCc1ncccc1C)NCC1(CC(C)C)CCC1.I. The molecule has 0 spiro atoms. The molecule has 1 aliphatic carbocycles. The molecule has 1 fully saturated rings. The number of halogens is 1. The zero-order valence-corrected chi connectivity index (χ0v) is 17.2. The van der Waals surface area contributed by atoms with E-state index in [4.69, 9.17) is 0 Å². The van der Waals surface area contributed by atoms with Crippen LogP contribution in [0.4, 0.5) is 0 Å². The zero-order chi connectivity index (χ0) is 16.0. The van der Waals surface area contributed by atoms with E-state index in [-0.39, 0.29) is 24.0 Å². The number of rotatable bonds is 6. The molecular weight excluding hydrogens is 399 g/mol. The number of aromatic nitrogens is 1.